The maximum Gasteiger partial charge on any atom is 0.128 e. The number of anilines is 1. The van der Waals surface area contributed by atoms with E-state index in [1.807, 2.05) is 6.07 Å². The molecule has 0 aliphatic carbocycles. The fourth-order valence-corrected chi connectivity index (χ4v) is 2.53. The number of hydrogen-bond donors (Lipinski definition) is 1. The van der Waals surface area contributed by atoms with Gasteiger partial charge in [-0.3, -0.25) is 0 Å². The molecule has 19 heavy (non-hydrogen) atoms. The summed E-state index contributed by atoms with van der Waals surface area (Å²) < 4.78 is 5.66. The molecule has 3 heteroatoms. The molecule has 3 rings (SSSR count). The highest BCUT2D eigenvalue weighted by Crippen LogP contribution is 2.39. The third-order valence-electron chi connectivity index (χ3n) is 3.63. The minimum atomic E-state index is 0.192. The molecule has 1 heterocycles. The van der Waals surface area contributed by atoms with Crippen molar-refractivity contribution in [2.75, 3.05) is 18.6 Å². The average Bonchev–Trinajstić information content (AvgIpc) is 2.80. The van der Waals surface area contributed by atoms with Crippen LogP contribution < -0.4 is 9.64 Å². The predicted molar refractivity (Wildman–Crippen MR) is 75.9 cm³/mol. The summed E-state index contributed by atoms with van der Waals surface area (Å²) in [6.07, 6.45) is 0. The second-order valence-electron chi connectivity index (χ2n) is 5.00. The van der Waals surface area contributed by atoms with E-state index < -0.39 is 0 Å². The van der Waals surface area contributed by atoms with Crippen LogP contribution in [-0.2, 0) is 0 Å². The number of fused-ring (bicyclic) bond motifs is 1. The molecule has 0 aromatic heterocycles. The van der Waals surface area contributed by atoms with E-state index in [-0.39, 0.29) is 11.8 Å². The van der Waals surface area contributed by atoms with Crippen molar-refractivity contribution in [1.82, 2.24) is 0 Å². The van der Waals surface area contributed by atoms with E-state index in [0.717, 1.165) is 11.3 Å². The van der Waals surface area contributed by atoms with Crippen molar-refractivity contribution in [3.05, 3.63) is 53.6 Å². The minimum Gasteiger partial charge on any atom is -0.508 e. The smallest absolute Gasteiger partial charge is 0.128 e. The van der Waals surface area contributed by atoms with Gasteiger partial charge in [0.15, 0.2) is 0 Å². The van der Waals surface area contributed by atoms with E-state index in [1.165, 1.54) is 11.3 Å². The first kappa shape index (κ1) is 11.9. The Labute approximate surface area is 113 Å². The Balaban J connectivity index is 1.93. The van der Waals surface area contributed by atoms with Crippen molar-refractivity contribution in [3.63, 3.8) is 0 Å². The van der Waals surface area contributed by atoms with Crippen LogP contribution in [0.15, 0.2) is 42.5 Å². The topological polar surface area (TPSA) is 32.7 Å². The monoisotopic (exact) mass is 255 g/mol. The van der Waals surface area contributed by atoms with Crippen LogP contribution in [0.3, 0.4) is 0 Å². The molecule has 0 saturated carbocycles. The fraction of sp³-hybridized carbons (Fsp3) is 0.250. The van der Waals surface area contributed by atoms with Crippen LogP contribution >= 0.6 is 0 Å². The van der Waals surface area contributed by atoms with Gasteiger partial charge in [0.25, 0.3) is 0 Å². The lowest BCUT2D eigenvalue weighted by atomic mass is 10.1. The molecule has 0 spiro atoms. The molecule has 1 atom stereocenters. The van der Waals surface area contributed by atoms with Crippen LogP contribution in [0.25, 0.3) is 0 Å². The number of aromatic hydroxyl groups is 1. The molecule has 1 aliphatic rings. The van der Waals surface area contributed by atoms with E-state index in [0.29, 0.717) is 6.61 Å². The van der Waals surface area contributed by atoms with Crippen molar-refractivity contribution in [2.45, 2.75) is 13.0 Å². The van der Waals surface area contributed by atoms with Crippen LogP contribution in [0.1, 0.15) is 17.2 Å². The van der Waals surface area contributed by atoms with E-state index in [4.69, 9.17) is 4.74 Å². The van der Waals surface area contributed by atoms with Gasteiger partial charge in [-0.25, -0.2) is 0 Å². The molecule has 1 unspecified atom stereocenters. The Morgan fingerprint density at radius 3 is 2.84 bits per heavy atom. The summed E-state index contributed by atoms with van der Waals surface area (Å²) >= 11 is 0. The number of benzene rings is 2. The summed E-state index contributed by atoms with van der Waals surface area (Å²) in [4.78, 5) is 2.22. The van der Waals surface area contributed by atoms with Crippen molar-refractivity contribution in [1.29, 1.82) is 0 Å². The first-order chi connectivity index (χ1) is 9.15. The van der Waals surface area contributed by atoms with Gasteiger partial charge in [-0.1, -0.05) is 12.1 Å². The van der Waals surface area contributed by atoms with Crippen molar-refractivity contribution >= 4 is 5.69 Å². The normalized spacial score (nSPS) is 16.8. The molecule has 3 nitrogen and oxygen atoms in total. The zero-order valence-electron chi connectivity index (χ0n) is 11.1. The summed E-state index contributed by atoms with van der Waals surface area (Å²) in [7, 11) is 2.07. The Bertz CT molecular complexity index is 609. The van der Waals surface area contributed by atoms with Gasteiger partial charge in [-0.15, -0.1) is 0 Å². The molecular weight excluding hydrogens is 238 g/mol. The highest BCUT2D eigenvalue weighted by molar-refractivity contribution is 5.54. The molecule has 0 fully saturated rings. The largest absolute Gasteiger partial charge is 0.508 e. The lowest BCUT2D eigenvalue weighted by molar-refractivity contribution is 0.328. The lowest BCUT2D eigenvalue weighted by Gasteiger charge is -2.26. The quantitative estimate of drug-likeness (QED) is 0.894. The Hall–Kier alpha value is -2.16. The first-order valence-corrected chi connectivity index (χ1v) is 6.40. The maximum absolute atomic E-state index is 9.48. The van der Waals surface area contributed by atoms with Crippen molar-refractivity contribution in [2.24, 2.45) is 0 Å². The van der Waals surface area contributed by atoms with Crippen LogP contribution in [0, 0.1) is 6.92 Å². The van der Waals surface area contributed by atoms with Crippen LogP contribution in [0.2, 0.25) is 0 Å². The summed E-state index contributed by atoms with van der Waals surface area (Å²) in [5.41, 5.74) is 3.55. The summed E-state index contributed by atoms with van der Waals surface area (Å²) in [5.74, 6) is 1.03. The molecule has 2 aromatic carbocycles. The number of ether oxygens (including phenoxy) is 1. The van der Waals surface area contributed by atoms with E-state index in [1.54, 1.807) is 12.1 Å². The molecule has 0 radical (unpaired) electrons. The van der Waals surface area contributed by atoms with Crippen molar-refractivity contribution < 1.29 is 9.84 Å². The van der Waals surface area contributed by atoms with Gasteiger partial charge in [0.2, 0.25) is 0 Å². The fourth-order valence-electron chi connectivity index (χ4n) is 2.53. The number of phenolic OH excluding ortho intramolecular Hbond substituents is 1. The SMILES string of the molecule is Cc1cccc(N(C)C2COc3cc(O)ccc32)c1. The highest BCUT2D eigenvalue weighted by atomic mass is 16.5. The number of likely N-dealkylation sites (N-methyl/N-ethyl adjacent to an activating group) is 1. The van der Waals surface area contributed by atoms with E-state index in [2.05, 4.69) is 43.1 Å². The number of phenols is 1. The molecule has 1 N–H and O–H groups in total. The number of hydrogen-bond acceptors (Lipinski definition) is 3. The summed E-state index contributed by atoms with van der Waals surface area (Å²) in [5, 5.41) is 9.48. The van der Waals surface area contributed by atoms with Gasteiger partial charge in [0.05, 0.1) is 6.04 Å². The molecule has 0 saturated heterocycles. The first-order valence-electron chi connectivity index (χ1n) is 6.40. The van der Waals surface area contributed by atoms with Gasteiger partial charge >= 0.3 is 0 Å². The van der Waals surface area contributed by atoms with Crippen LogP contribution in [0.5, 0.6) is 11.5 Å². The standard InChI is InChI=1S/C16H17NO2/c1-11-4-3-5-12(8-11)17(2)15-10-19-16-9-13(18)6-7-14(15)16/h3-9,15,18H,10H2,1-2H3. The molecule has 0 amide bonds. The third-order valence-corrected chi connectivity index (χ3v) is 3.63. The van der Waals surface area contributed by atoms with E-state index in [9.17, 15) is 5.11 Å². The molecule has 0 bridgehead atoms. The molecule has 2 aromatic rings. The average molecular weight is 255 g/mol. The van der Waals surface area contributed by atoms with E-state index >= 15 is 0 Å². The molecule has 98 valence electrons. The maximum atomic E-state index is 9.48. The van der Waals surface area contributed by atoms with Crippen molar-refractivity contribution in [3.8, 4) is 11.5 Å². The number of aryl methyl sites for hydroxylation is 1. The summed E-state index contributed by atoms with van der Waals surface area (Å²) in [6.45, 7) is 2.71. The molecule has 1 aliphatic heterocycles. The Kier molecular flexibility index (Phi) is 2.82. The highest BCUT2D eigenvalue weighted by Gasteiger charge is 2.28. The Morgan fingerprint density at radius 2 is 2.05 bits per heavy atom. The second-order valence-corrected chi connectivity index (χ2v) is 5.00. The number of nitrogens with zero attached hydrogens (tertiary/aromatic N) is 1. The minimum absolute atomic E-state index is 0.192. The zero-order valence-corrected chi connectivity index (χ0v) is 11.1. The molecular formula is C16H17NO2. The van der Waals surface area contributed by atoms with Gasteiger partial charge < -0.3 is 14.7 Å². The van der Waals surface area contributed by atoms with Gasteiger partial charge in [0, 0.05) is 24.4 Å². The Morgan fingerprint density at radius 1 is 1.21 bits per heavy atom. The van der Waals surface area contributed by atoms with Crippen LogP contribution in [-0.4, -0.2) is 18.8 Å². The number of rotatable bonds is 2. The van der Waals surface area contributed by atoms with Gasteiger partial charge in [-0.05, 0) is 36.8 Å². The van der Waals surface area contributed by atoms with Crippen LogP contribution in [0.4, 0.5) is 5.69 Å². The summed E-state index contributed by atoms with van der Waals surface area (Å²) in [6, 6.07) is 13.9. The van der Waals surface area contributed by atoms with Gasteiger partial charge in [-0.2, -0.15) is 0 Å². The predicted octanol–water partition coefficient (Wildman–Crippen LogP) is 3.27. The lowest BCUT2D eigenvalue weighted by Crippen LogP contribution is -2.25. The third kappa shape index (κ3) is 2.12. The zero-order chi connectivity index (χ0) is 13.4. The van der Waals surface area contributed by atoms with Gasteiger partial charge in [0.1, 0.15) is 18.1 Å². The second kappa shape index (κ2) is 4.50.